The quantitative estimate of drug-likeness (QED) is 0.436. The maximum absolute atomic E-state index is 12.7. The summed E-state index contributed by atoms with van der Waals surface area (Å²) in [6.45, 7) is 0. The molecule has 0 aliphatic carbocycles. The topological polar surface area (TPSA) is 54.4 Å². The lowest BCUT2D eigenvalue weighted by Gasteiger charge is -2.38. The molecule has 140 valence electrons. The highest BCUT2D eigenvalue weighted by Gasteiger charge is 2.92. The van der Waals surface area contributed by atoms with Crippen LogP contribution in [0.15, 0.2) is 0 Å². The average molecular weight is 401 g/mol. The number of halogens is 13. The third kappa shape index (κ3) is 2.70. The van der Waals surface area contributed by atoms with Crippen LogP contribution in [0.3, 0.4) is 0 Å². The molecule has 0 aromatic carbocycles. The van der Waals surface area contributed by atoms with E-state index >= 15 is 0 Å². The van der Waals surface area contributed by atoms with Crippen molar-refractivity contribution in [3.8, 4) is 0 Å². The van der Waals surface area contributed by atoms with Crippen molar-refractivity contribution in [1.82, 2.24) is 0 Å². The Bertz CT molecular complexity index is 559. The van der Waals surface area contributed by atoms with Gasteiger partial charge in [0.15, 0.2) is 0 Å². The van der Waals surface area contributed by atoms with Gasteiger partial charge in [-0.1, -0.05) is 0 Å². The summed E-state index contributed by atoms with van der Waals surface area (Å²) in [7, 11) is -7.61. The maximum Gasteiger partial charge on any atom is 0.460 e. The third-order valence-electron chi connectivity index (χ3n) is 2.23. The molecule has 0 spiro atoms. The molecular weight excluding hydrogens is 400 g/mol. The average Bonchev–Trinajstić information content (AvgIpc) is 2.24. The van der Waals surface area contributed by atoms with Gasteiger partial charge in [0.1, 0.15) is 0 Å². The van der Waals surface area contributed by atoms with Gasteiger partial charge in [0, 0.05) is 0 Å². The summed E-state index contributed by atoms with van der Waals surface area (Å²) >= 11 is 0. The van der Waals surface area contributed by atoms with Crippen molar-refractivity contribution in [3.05, 3.63) is 0 Å². The second-order valence-corrected chi connectivity index (χ2v) is 5.25. The molecule has 0 radical (unpaired) electrons. The molecule has 0 rings (SSSR count). The van der Waals surface area contributed by atoms with Gasteiger partial charge in [-0.15, -0.1) is 0 Å². The zero-order chi connectivity index (χ0) is 19.5. The first-order valence-electron chi connectivity index (χ1n) is 4.43. The van der Waals surface area contributed by atoms with Gasteiger partial charge in [-0.3, -0.25) is 4.55 Å². The lowest BCUT2D eigenvalue weighted by atomic mass is 10.0. The van der Waals surface area contributed by atoms with E-state index in [0.717, 1.165) is 0 Å². The molecule has 0 amide bonds. The lowest BCUT2D eigenvalue weighted by molar-refractivity contribution is -0.433. The number of hydrogen-bond acceptors (Lipinski definition) is 2. The van der Waals surface area contributed by atoms with Crippen molar-refractivity contribution in [3.63, 3.8) is 0 Å². The van der Waals surface area contributed by atoms with Gasteiger partial charge in [-0.2, -0.15) is 65.5 Å². The molecule has 23 heavy (non-hydrogen) atoms. The molecule has 0 atom stereocenters. The molecule has 3 nitrogen and oxygen atoms in total. The fraction of sp³-hybridized carbons (Fsp3) is 1.00. The normalized spacial score (nSPS) is 16.6. The predicted octanol–water partition coefficient (Wildman–Crippen LogP) is 3.57. The van der Waals surface area contributed by atoms with Crippen LogP contribution in [-0.2, 0) is 10.1 Å². The van der Waals surface area contributed by atoms with Gasteiger partial charge in [-0.25, -0.2) is 0 Å². The largest absolute Gasteiger partial charge is 0.460 e. The molecule has 17 heteroatoms. The molecule has 0 saturated heterocycles. The summed E-state index contributed by atoms with van der Waals surface area (Å²) < 4.78 is 188. The fourth-order valence-corrected chi connectivity index (χ4v) is 1.37. The van der Waals surface area contributed by atoms with E-state index < -0.39 is 45.2 Å². The molecule has 0 bridgehead atoms. The Labute approximate surface area is 116 Å². The van der Waals surface area contributed by atoms with Crippen LogP contribution in [0.25, 0.3) is 0 Å². The van der Waals surface area contributed by atoms with Gasteiger partial charge < -0.3 is 0 Å². The molecular formula is C6HF13O3S. The first-order chi connectivity index (χ1) is 9.50. The lowest BCUT2D eigenvalue weighted by Crippen LogP contribution is -2.71. The van der Waals surface area contributed by atoms with Gasteiger partial charge in [0.25, 0.3) is 0 Å². The van der Waals surface area contributed by atoms with Crippen molar-refractivity contribution >= 4 is 10.1 Å². The van der Waals surface area contributed by atoms with Crippen molar-refractivity contribution in [1.29, 1.82) is 0 Å². The Morgan fingerprint density at radius 3 is 1.00 bits per heavy atom. The molecule has 0 aromatic heterocycles. The third-order valence-corrected chi connectivity index (χ3v) is 3.13. The maximum atomic E-state index is 12.7. The van der Waals surface area contributed by atoms with Crippen LogP contribution < -0.4 is 0 Å². The van der Waals surface area contributed by atoms with Gasteiger partial charge in [0.05, 0.1) is 0 Å². The van der Waals surface area contributed by atoms with Crippen molar-refractivity contribution in [2.45, 2.75) is 35.1 Å². The molecule has 0 aliphatic rings. The predicted molar refractivity (Wildman–Crippen MR) is 42.3 cm³/mol. The summed E-state index contributed by atoms with van der Waals surface area (Å²) in [4.78, 5) is 0. The Balaban J connectivity index is 6.48. The molecule has 0 saturated carbocycles. The van der Waals surface area contributed by atoms with Gasteiger partial charge >= 0.3 is 45.2 Å². The second kappa shape index (κ2) is 5.00. The van der Waals surface area contributed by atoms with Crippen LogP contribution in [0.1, 0.15) is 0 Å². The van der Waals surface area contributed by atoms with Crippen LogP contribution >= 0.6 is 0 Å². The number of alkyl halides is 13. The highest BCUT2D eigenvalue weighted by Crippen LogP contribution is 2.60. The molecule has 0 aromatic rings. The van der Waals surface area contributed by atoms with E-state index in [1.54, 1.807) is 0 Å². The molecule has 0 unspecified atom stereocenters. The van der Waals surface area contributed by atoms with Crippen LogP contribution in [0.5, 0.6) is 0 Å². The second-order valence-electron chi connectivity index (χ2n) is 3.79. The Hall–Kier alpha value is -1.00. The zero-order valence-electron chi connectivity index (χ0n) is 9.59. The van der Waals surface area contributed by atoms with E-state index in [9.17, 15) is 65.5 Å². The van der Waals surface area contributed by atoms with Crippen molar-refractivity contribution in [2.24, 2.45) is 0 Å². The first kappa shape index (κ1) is 22.0. The summed E-state index contributed by atoms with van der Waals surface area (Å²) in [6, 6.07) is 0. The van der Waals surface area contributed by atoms with Crippen molar-refractivity contribution < 1.29 is 70.0 Å². The van der Waals surface area contributed by atoms with Gasteiger partial charge in [0.2, 0.25) is 0 Å². The fourth-order valence-electron chi connectivity index (χ4n) is 0.917. The van der Waals surface area contributed by atoms with E-state index in [1.165, 1.54) is 0 Å². The minimum Gasteiger partial charge on any atom is -0.281 e. The molecule has 1 N–H and O–H groups in total. The van der Waals surface area contributed by atoms with E-state index in [-0.39, 0.29) is 0 Å². The monoisotopic (exact) mass is 401 g/mol. The summed E-state index contributed by atoms with van der Waals surface area (Å²) in [6.07, 6.45) is -7.59. The van der Waals surface area contributed by atoms with E-state index in [4.69, 9.17) is 4.55 Å². The van der Waals surface area contributed by atoms with Crippen LogP contribution in [0, 0.1) is 0 Å². The zero-order valence-corrected chi connectivity index (χ0v) is 10.4. The first-order valence-corrected chi connectivity index (χ1v) is 5.87. The minimum atomic E-state index is -8.25. The van der Waals surface area contributed by atoms with Crippen LogP contribution in [-0.4, -0.2) is 48.1 Å². The Morgan fingerprint density at radius 2 is 0.783 bits per heavy atom. The van der Waals surface area contributed by atoms with E-state index in [0.29, 0.717) is 0 Å². The highest BCUT2D eigenvalue weighted by atomic mass is 32.2. The molecule has 0 fully saturated rings. The van der Waals surface area contributed by atoms with Gasteiger partial charge in [-0.05, 0) is 0 Å². The minimum absolute atomic E-state index is 7.52. The highest BCUT2D eigenvalue weighted by molar-refractivity contribution is 7.87. The Kier molecular flexibility index (Phi) is 4.78. The summed E-state index contributed by atoms with van der Waals surface area (Å²) in [5.74, 6) is -32.5. The smallest absolute Gasteiger partial charge is 0.281 e. The number of rotatable bonds is 5. The summed E-state index contributed by atoms with van der Waals surface area (Å²) in [5.41, 5.74) is 0. The molecule has 0 aliphatic heterocycles. The molecule has 0 heterocycles. The Morgan fingerprint density at radius 1 is 0.522 bits per heavy atom. The summed E-state index contributed by atoms with van der Waals surface area (Å²) in [5, 5.41) is -7.52. The SMILES string of the molecule is O=S(=O)(O)[13C](F)(F)C(F)(F)C(F)(F)C(F)(F)C(F)(F)C(F)(F)F. The van der Waals surface area contributed by atoms with Crippen LogP contribution in [0.2, 0.25) is 0 Å². The standard InChI is InChI=1S/C6HF13O3S/c7-1(8,3(11,12)5(15,16)17)2(9,10)4(13,14)6(18,19)23(20,21)22/h(H,20,21,22)/i6+1. The number of hydrogen-bond donors (Lipinski definition) is 1. The van der Waals surface area contributed by atoms with E-state index in [2.05, 4.69) is 0 Å². The van der Waals surface area contributed by atoms with E-state index in [1.807, 2.05) is 0 Å². The van der Waals surface area contributed by atoms with Crippen molar-refractivity contribution in [2.75, 3.05) is 0 Å². The van der Waals surface area contributed by atoms with Crippen LogP contribution in [0.4, 0.5) is 57.1 Å².